The van der Waals surface area contributed by atoms with Crippen molar-refractivity contribution in [2.24, 2.45) is 5.92 Å². The molecule has 2 atom stereocenters. The van der Waals surface area contributed by atoms with Gasteiger partial charge in [0.25, 0.3) is 0 Å². The summed E-state index contributed by atoms with van der Waals surface area (Å²) in [7, 11) is 0. The van der Waals surface area contributed by atoms with Gasteiger partial charge in [-0.2, -0.15) is 0 Å². The molecule has 1 aliphatic heterocycles. The minimum absolute atomic E-state index is 0.0441. The molecule has 1 N–H and O–H groups in total. The van der Waals surface area contributed by atoms with E-state index in [0.29, 0.717) is 49.4 Å². The second kappa shape index (κ2) is 10.3. The number of aryl methyl sites for hydroxylation is 3. The Hall–Kier alpha value is -3.12. The van der Waals surface area contributed by atoms with Crippen molar-refractivity contribution in [3.63, 3.8) is 0 Å². The number of hydrogen-bond acceptors (Lipinski definition) is 5. The SMILES string of the molecule is Cc1ccccc1COc1ccc2c(C)c(CCC(=O)N3CCC4(O)CCCCC4C3)c(=O)oc2c1C. The van der Waals surface area contributed by atoms with Gasteiger partial charge in [0.05, 0.1) is 5.60 Å². The fraction of sp³-hybridized carbons (Fsp3) is 0.484. The molecule has 196 valence electrons. The van der Waals surface area contributed by atoms with Crippen molar-refractivity contribution in [1.82, 2.24) is 4.90 Å². The van der Waals surface area contributed by atoms with Gasteiger partial charge in [-0.05, 0) is 75.3 Å². The fourth-order valence-corrected chi connectivity index (χ4v) is 6.13. The van der Waals surface area contributed by atoms with E-state index in [4.69, 9.17) is 9.15 Å². The summed E-state index contributed by atoms with van der Waals surface area (Å²) in [6, 6.07) is 12.0. The van der Waals surface area contributed by atoms with Crippen LogP contribution < -0.4 is 10.4 Å². The zero-order valence-corrected chi connectivity index (χ0v) is 22.1. The first kappa shape index (κ1) is 25.5. The van der Waals surface area contributed by atoms with E-state index in [1.54, 1.807) is 0 Å². The average molecular weight is 504 g/mol. The van der Waals surface area contributed by atoms with Crippen LogP contribution in [0.15, 0.2) is 45.6 Å². The molecule has 2 heterocycles. The first-order valence-electron chi connectivity index (χ1n) is 13.5. The molecule has 3 aromatic rings. The van der Waals surface area contributed by atoms with Gasteiger partial charge in [-0.15, -0.1) is 0 Å². The number of rotatable bonds is 6. The van der Waals surface area contributed by atoms with Gasteiger partial charge in [0.1, 0.15) is 17.9 Å². The molecule has 0 spiro atoms. The number of aliphatic hydroxyl groups is 1. The van der Waals surface area contributed by atoms with Crippen LogP contribution in [0.1, 0.15) is 66.3 Å². The summed E-state index contributed by atoms with van der Waals surface area (Å²) in [4.78, 5) is 27.9. The lowest BCUT2D eigenvalue weighted by atomic mass is 9.71. The Morgan fingerprint density at radius 3 is 2.73 bits per heavy atom. The van der Waals surface area contributed by atoms with Crippen LogP contribution in [0, 0.1) is 26.7 Å². The van der Waals surface area contributed by atoms with E-state index in [-0.39, 0.29) is 18.2 Å². The number of carbonyl (C=O) groups is 1. The maximum Gasteiger partial charge on any atom is 0.339 e. The molecular weight excluding hydrogens is 466 g/mol. The third-order valence-electron chi connectivity index (χ3n) is 8.67. The number of fused-ring (bicyclic) bond motifs is 2. The van der Waals surface area contributed by atoms with E-state index >= 15 is 0 Å². The van der Waals surface area contributed by atoms with Crippen LogP contribution >= 0.6 is 0 Å². The van der Waals surface area contributed by atoms with E-state index < -0.39 is 11.2 Å². The van der Waals surface area contributed by atoms with Crippen molar-refractivity contribution in [2.75, 3.05) is 13.1 Å². The van der Waals surface area contributed by atoms with E-state index in [0.717, 1.165) is 47.8 Å². The number of likely N-dealkylation sites (tertiary alicyclic amines) is 1. The smallest absolute Gasteiger partial charge is 0.339 e. The molecule has 2 fully saturated rings. The highest BCUT2D eigenvalue weighted by molar-refractivity contribution is 5.86. The Balaban J connectivity index is 1.29. The monoisotopic (exact) mass is 503 g/mol. The number of hydrogen-bond donors (Lipinski definition) is 1. The molecule has 6 nitrogen and oxygen atoms in total. The highest BCUT2D eigenvalue weighted by Gasteiger charge is 2.43. The van der Waals surface area contributed by atoms with Gasteiger partial charge in [0.15, 0.2) is 0 Å². The molecule has 1 aliphatic carbocycles. The summed E-state index contributed by atoms with van der Waals surface area (Å²) in [5.74, 6) is 0.897. The maximum atomic E-state index is 13.0. The third-order valence-corrected chi connectivity index (χ3v) is 8.67. The van der Waals surface area contributed by atoms with Crippen LogP contribution in [-0.4, -0.2) is 34.6 Å². The summed E-state index contributed by atoms with van der Waals surface area (Å²) >= 11 is 0. The lowest BCUT2D eigenvalue weighted by Crippen LogP contribution is -2.54. The lowest BCUT2D eigenvalue weighted by molar-refractivity contribution is -0.143. The predicted octanol–water partition coefficient (Wildman–Crippen LogP) is 5.38. The van der Waals surface area contributed by atoms with Crippen molar-refractivity contribution in [1.29, 1.82) is 0 Å². The fourth-order valence-electron chi connectivity index (χ4n) is 6.13. The number of carbonyl (C=O) groups excluding carboxylic acids is 1. The number of ether oxygens (including phenoxy) is 1. The second-order valence-corrected chi connectivity index (χ2v) is 10.9. The third kappa shape index (κ3) is 5.04. The standard InChI is InChI=1S/C31H37NO5/c1-20-8-4-5-9-23(20)19-36-27-13-11-25-21(2)26(30(34)37-29(25)22(27)3)12-14-28(33)32-17-16-31(35)15-7-6-10-24(31)18-32/h4-5,8-9,11,13,24,35H,6-7,10,12,14-19H2,1-3H3. The molecule has 5 rings (SSSR count). The van der Waals surface area contributed by atoms with Crippen LogP contribution in [0.3, 0.4) is 0 Å². The molecule has 6 heteroatoms. The molecule has 1 aromatic heterocycles. The summed E-state index contributed by atoms with van der Waals surface area (Å²) in [5, 5.41) is 11.8. The van der Waals surface area contributed by atoms with Gasteiger partial charge in [-0.1, -0.05) is 37.1 Å². The first-order valence-corrected chi connectivity index (χ1v) is 13.5. The Labute approximate surface area is 218 Å². The van der Waals surface area contributed by atoms with Crippen molar-refractivity contribution >= 4 is 16.9 Å². The van der Waals surface area contributed by atoms with Crippen LogP contribution in [0.4, 0.5) is 0 Å². The van der Waals surface area contributed by atoms with E-state index in [9.17, 15) is 14.7 Å². The Morgan fingerprint density at radius 2 is 1.92 bits per heavy atom. The Bertz CT molecular complexity index is 1380. The number of benzene rings is 2. The molecule has 2 aromatic carbocycles. The summed E-state index contributed by atoms with van der Waals surface area (Å²) in [5.41, 5.74) is 4.02. The average Bonchev–Trinajstić information content (AvgIpc) is 2.88. The molecule has 1 amide bonds. The highest BCUT2D eigenvalue weighted by Crippen LogP contribution is 2.40. The van der Waals surface area contributed by atoms with Crippen LogP contribution in [0.2, 0.25) is 0 Å². The van der Waals surface area contributed by atoms with E-state index in [1.807, 2.05) is 49.1 Å². The van der Waals surface area contributed by atoms with Crippen LogP contribution in [-0.2, 0) is 17.8 Å². The van der Waals surface area contributed by atoms with Crippen molar-refractivity contribution < 1.29 is 19.1 Å². The highest BCUT2D eigenvalue weighted by atomic mass is 16.5. The van der Waals surface area contributed by atoms with Crippen LogP contribution in [0.5, 0.6) is 5.75 Å². The zero-order chi connectivity index (χ0) is 26.2. The molecule has 1 saturated carbocycles. The molecule has 1 saturated heterocycles. The molecule has 2 unspecified atom stereocenters. The van der Waals surface area contributed by atoms with Crippen molar-refractivity contribution in [3.8, 4) is 5.75 Å². The normalized spacial score (nSPS) is 21.6. The van der Waals surface area contributed by atoms with Gasteiger partial charge in [-0.25, -0.2) is 4.79 Å². The van der Waals surface area contributed by atoms with Gasteiger partial charge in [0.2, 0.25) is 5.91 Å². The Kier molecular flexibility index (Phi) is 7.13. The molecule has 0 bridgehead atoms. The lowest BCUT2D eigenvalue weighted by Gasteiger charge is -2.47. The first-order chi connectivity index (χ1) is 17.8. The summed E-state index contributed by atoms with van der Waals surface area (Å²) in [6.07, 6.45) is 5.26. The van der Waals surface area contributed by atoms with Crippen molar-refractivity contribution in [3.05, 3.63) is 74.6 Å². The number of amides is 1. The number of piperidine rings is 1. The van der Waals surface area contributed by atoms with Gasteiger partial charge in [-0.3, -0.25) is 4.79 Å². The second-order valence-electron chi connectivity index (χ2n) is 10.9. The van der Waals surface area contributed by atoms with Gasteiger partial charge < -0.3 is 19.2 Å². The minimum atomic E-state index is -0.606. The largest absolute Gasteiger partial charge is 0.488 e. The van der Waals surface area contributed by atoms with E-state index in [1.165, 1.54) is 5.56 Å². The number of nitrogens with zero attached hydrogens (tertiary/aromatic N) is 1. The topological polar surface area (TPSA) is 80.0 Å². The van der Waals surface area contributed by atoms with E-state index in [2.05, 4.69) is 13.0 Å². The van der Waals surface area contributed by atoms with Gasteiger partial charge in [0, 0.05) is 41.9 Å². The predicted molar refractivity (Wildman–Crippen MR) is 144 cm³/mol. The Morgan fingerprint density at radius 1 is 1.11 bits per heavy atom. The maximum absolute atomic E-state index is 13.0. The molecule has 37 heavy (non-hydrogen) atoms. The van der Waals surface area contributed by atoms with Gasteiger partial charge >= 0.3 is 5.63 Å². The molecular formula is C31H37NO5. The quantitative estimate of drug-likeness (QED) is 0.457. The molecule has 0 radical (unpaired) electrons. The van der Waals surface area contributed by atoms with Crippen molar-refractivity contribution in [2.45, 2.75) is 77.9 Å². The molecule has 2 aliphatic rings. The zero-order valence-electron chi connectivity index (χ0n) is 22.1. The summed E-state index contributed by atoms with van der Waals surface area (Å²) in [6.45, 7) is 7.53. The minimum Gasteiger partial charge on any atom is -0.488 e. The summed E-state index contributed by atoms with van der Waals surface area (Å²) < 4.78 is 11.9. The van der Waals surface area contributed by atoms with Crippen LogP contribution in [0.25, 0.3) is 11.0 Å².